The molecule has 3 atom stereocenters. The second kappa shape index (κ2) is 1.82. The molecule has 1 unspecified atom stereocenters. The lowest BCUT2D eigenvalue weighted by molar-refractivity contribution is 0.232. The highest BCUT2D eigenvalue weighted by atomic mass is 16.3. The van der Waals surface area contributed by atoms with Crippen LogP contribution < -0.4 is 5.32 Å². The molecular formula is C7H11NO. The molecule has 0 saturated carbocycles. The fourth-order valence-corrected chi connectivity index (χ4v) is 1.64. The Labute approximate surface area is 54.6 Å². The summed E-state index contributed by atoms with van der Waals surface area (Å²) in [5.74, 6) is 1.36. The molecule has 9 heavy (non-hydrogen) atoms. The number of fused-ring (bicyclic) bond motifs is 1. The number of nitrogens with one attached hydrogen (secondary N) is 1. The molecule has 2 heteroatoms. The van der Waals surface area contributed by atoms with E-state index in [0.29, 0.717) is 12.0 Å². The quantitative estimate of drug-likeness (QED) is 0.474. The van der Waals surface area contributed by atoms with Gasteiger partial charge in [0, 0.05) is 18.5 Å². The van der Waals surface area contributed by atoms with Crippen LogP contribution in [0.5, 0.6) is 0 Å². The van der Waals surface area contributed by atoms with E-state index in [1.54, 1.807) is 0 Å². The zero-order chi connectivity index (χ0) is 6.27. The Hall–Kier alpha value is -0.340. The van der Waals surface area contributed by atoms with E-state index in [-0.39, 0.29) is 6.61 Å². The molecule has 0 amide bonds. The Morgan fingerprint density at radius 2 is 2.44 bits per heavy atom. The standard InChI is InChI=1S/C7H11NO/c9-4-7-6-2-1-5(6)3-8-7/h1-2,5-9H,3-4H2/t5-,6-,7?/m0/s1. The highest BCUT2D eigenvalue weighted by molar-refractivity contribution is 5.17. The van der Waals surface area contributed by atoms with Gasteiger partial charge in [-0.15, -0.1) is 0 Å². The summed E-state index contributed by atoms with van der Waals surface area (Å²) < 4.78 is 0. The third-order valence-corrected chi connectivity index (χ3v) is 2.35. The third kappa shape index (κ3) is 0.635. The van der Waals surface area contributed by atoms with Crippen molar-refractivity contribution in [1.29, 1.82) is 0 Å². The van der Waals surface area contributed by atoms with Crippen LogP contribution in [0.3, 0.4) is 0 Å². The van der Waals surface area contributed by atoms with Crippen molar-refractivity contribution in [3.8, 4) is 0 Å². The van der Waals surface area contributed by atoms with E-state index in [1.165, 1.54) is 0 Å². The molecule has 1 aliphatic carbocycles. The predicted octanol–water partition coefficient (Wildman–Crippen LogP) is -0.247. The molecule has 0 radical (unpaired) electrons. The topological polar surface area (TPSA) is 32.3 Å². The molecule has 0 aromatic carbocycles. The first-order valence-electron chi connectivity index (χ1n) is 3.44. The number of aliphatic hydroxyl groups is 1. The Balaban J connectivity index is 2.06. The van der Waals surface area contributed by atoms with Crippen LogP contribution >= 0.6 is 0 Å². The second-order valence-electron chi connectivity index (χ2n) is 2.82. The summed E-state index contributed by atoms with van der Waals surface area (Å²) in [4.78, 5) is 0. The fourth-order valence-electron chi connectivity index (χ4n) is 1.64. The van der Waals surface area contributed by atoms with Gasteiger partial charge in [0.2, 0.25) is 0 Å². The number of hydrogen-bond acceptors (Lipinski definition) is 2. The summed E-state index contributed by atoms with van der Waals surface area (Å²) in [7, 11) is 0. The number of aliphatic hydroxyl groups excluding tert-OH is 1. The van der Waals surface area contributed by atoms with E-state index in [4.69, 9.17) is 5.11 Å². The van der Waals surface area contributed by atoms with Crippen LogP contribution in [-0.2, 0) is 0 Å². The first kappa shape index (κ1) is 5.45. The first-order chi connectivity index (χ1) is 4.42. The van der Waals surface area contributed by atoms with Gasteiger partial charge in [0.1, 0.15) is 0 Å². The van der Waals surface area contributed by atoms with Crippen molar-refractivity contribution in [2.24, 2.45) is 11.8 Å². The minimum Gasteiger partial charge on any atom is -0.395 e. The van der Waals surface area contributed by atoms with Crippen LogP contribution in [0, 0.1) is 11.8 Å². The average Bonchev–Trinajstić information content (AvgIpc) is 2.07. The van der Waals surface area contributed by atoms with Crippen molar-refractivity contribution in [3.63, 3.8) is 0 Å². The Kier molecular flexibility index (Phi) is 1.10. The molecule has 2 N–H and O–H groups in total. The lowest BCUT2D eigenvalue weighted by Crippen LogP contribution is -2.31. The van der Waals surface area contributed by atoms with E-state index in [2.05, 4.69) is 17.5 Å². The molecule has 1 aliphatic heterocycles. The molecule has 2 rings (SSSR count). The van der Waals surface area contributed by atoms with Gasteiger partial charge in [0.25, 0.3) is 0 Å². The van der Waals surface area contributed by atoms with Gasteiger partial charge < -0.3 is 10.4 Å². The smallest absolute Gasteiger partial charge is 0.0590 e. The normalized spacial score (nSPS) is 46.6. The van der Waals surface area contributed by atoms with Crippen LogP contribution in [0.25, 0.3) is 0 Å². The van der Waals surface area contributed by atoms with Crippen molar-refractivity contribution in [1.82, 2.24) is 5.32 Å². The van der Waals surface area contributed by atoms with Gasteiger partial charge in [0.15, 0.2) is 0 Å². The van der Waals surface area contributed by atoms with Crippen molar-refractivity contribution < 1.29 is 5.11 Å². The Bertz CT molecular complexity index is 144. The molecule has 2 nitrogen and oxygen atoms in total. The first-order valence-corrected chi connectivity index (χ1v) is 3.44. The molecule has 50 valence electrons. The molecule has 1 heterocycles. The molecule has 0 spiro atoms. The van der Waals surface area contributed by atoms with Crippen molar-refractivity contribution in [3.05, 3.63) is 12.2 Å². The van der Waals surface area contributed by atoms with Crippen molar-refractivity contribution >= 4 is 0 Å². The zero-order valence-corrected chi connectivity index (χ0v) is 5.25. The number of rotatable bonds is 1. The molecule has 0 aromatic heterocycles. The molecule has 0 bridgehead atoms. The summed E-state index contributed by atoms with van der Waals surface area (Å²) in [6.45, 7) is 1.35. The van der Waals surface area contributed by atoms with Crippen LogP contribution in [0.15, 0.2) is 12.2 Å². The molecular weight excluding hydrogens is 114 g/mol. The average molecular weight is 125 g/mol. The maximum atomic E-state index is 8.79. The molecule has 0 aromatic rings. The summed E-state index contributed by atoms with van der Waals surface area (Å²) in [6, 6.07) is 0.347. The molecule has 2 aliphatic rings. The van der Waals surface area contributed by atoms with Gasteiger partial charge in [-0.2, -0.15) is 0 Å². The predicted molar refractivity (Wildman–Crippen MR) is 35.0 cm³/mol. The van der Waals surface area contributed by atoms with Crippen molar-refractivity contribution in [2.45, 2.75) is 6.04 Å². The largest absolute Gasteiger partial charge is 0.395 e. The summed E-state index contributed by atoms with van der Waals surface area (Å²) in [5, 5.41) is 12.0. The van der Waals surface area contributed by atoms with Gasteiger partial charge in [-0.1, -0.05) is 12.2 Å². The van der Waals surface area contributed by atoms with Gasteiger partial charge in [-0.05, 0) is 5.92 Å². The van der Waals surface area contributed by atoms with E-state index in [1.807, 2.05) is 0 Å². The highest BCUT2D eigenvalue weighted by Crippen LogP contribution is 2.32. The van der Waals surface area contributed by atoms with Gasteiger partial charge in [0.05, 0.1) is 6.61 Å². The lowest BCUT2D eigenvalue weighted by atomic mass is 9.81. The van der Waals surface area contributed by atoms with E-state index >= 15 is 0 Å². The SMILES string of the molecule is OCC1NC[C@@H]2C=C[C@H]12. The van der Waals surface area contributed by atoms with E-state index in [9.17, 15) is 0 Å². The fraction of sp³-hybridized carbons (Fsp3) is 0.714. The molecule has 1 fully saturated rings. The summed E-state index contributed by atoms with van der Waals surface area (Å²) >= 11 is 0. The number of hydrogen-bond donors (Lipinski definition) is 2. The lowest BCUT2D eigenvalue weighted by Gasteiger charge is -2.23. The van der Waals surface area contributed by atoms with Crippen LogP contribution in [0.1, 0.15) is 0 Å². The summed E-state index contributed by atoms with van der Waals surface area (Å²) in [6.07, 6.45) is 4.40. The Morgan fingerprint density at radius 3 is 2.78 bits per heavy atom. The Morgan fingerprint density at radius 1 is 1.56 bits per heavy atom. The molecule has 1 saturated heterocycles. The van der Waals surface area contributed by atoms with E-state index in [0.717, 1.165) is 12.5 Å². The van der Waals surface area contributed by atoms with Crippen LogP contribution in [-0.4, -0.2) is 24.3 Å². The highest BCUT2D eigenvalue weighted by Gasteiger charge is 2.36. The summed E-state index contributed by atoms with van der Waals surface area (Å²) in [5.41, 5.74) is 0. The van der Waals surface area contributed by atoms with Crippen LogP contribution in [0.4, 0.5) is 0 Å². The second-order valence-corrected chi connectivity index (χ2v) is 2.82. The van der Waals surface area contributed by atoms with Crippen LogP contribution in [0.2, 0.25) is 0 Å². The van der Waals surface area contributed by atoms with E-state index < -0.39 is 0 Å². The monoisotopic (exact) mass is 125 g/mol. The third-order valence-electron chi connectivity index (χ3n) is 2.35. The minimum absolute atomic E-state index is 0.283. The van der Waals surface area contributed by atoms with Gasteiger partial charge in [-0.25, -0.2) is 0 Å². The zero-order valence-electron chi connectivity index (χ0n) is 5.25. The van der Waals surface area contributed by atoms with Crippen molar-refractivity contribution in [2.75, 3.05) is 13.2 Å². The minimum atomic E-state index is 0.283. The van der Waals surface area contributed by atoms with Gasteiger partial charge in [-0.3, -0.25) is 0 Å². The maximum Gasteiger partial charge on any atom is 0.0590 e. The van der Waals surface area contributed by atoms with Gasteiger partial charge >= 0.3 is 0 Å². The maximum absolute atomic E-state index is 8.79.